The summed E-state index contributed by atoms with van der Waals surface area (Å²) < 4.78 is 0. The Morgan fingerprint density at radius 2 is 1.41 bits per heavy atom. The van der Waals surface area contributed by atoms with Crippen LogP contribution in [0.2, 0.25) is 0 Å². The molecule has 0 aromatic heterocycles. The fourth-order valence-corrected chi connectivity index (χ4v) is 4.80. The molecule has 0 aliphatic heterocycles. The first-order chi connectivity index (χ1) is 16.2. The molecule has 0 nitrogen and oxygen atoms in total. The van der Waals surface area contributed by atoms with Crippen LogP contribution in [0, 0.1) is 18.3 Å². The lowest BCUT2D eigenvalue weighted by Gasteiger charge is -2.21. The van der Waals surface area contributed by atoms with E-state index < -0.39 is 0 Å². The average Bonchev–Trinajstić information content (AvgIpc) is 3.51. The topological polar surface area (TPSA) is 0 Å². The zero-order chi connectivity index (χ0) is 25.6. The summed E-state index contributed by atoms with van der Waals surface area (Å²) in [6.07, 6.45) is 19.9. The van der Waals surface area contributed by atoms with Crippen molar-refractivity contribution in [2.24, 2.45) is 11.3 Å². The van der Waals surface area contributed by atoms with E-state index in [1.54, 1.807) is 16.7 Å². The highest BCUT2D eigenvalue weighted by molar-refractivity contribution is 5.70. The highest BCUT2D eigenvalue weighted by Gasteiger charge is 2.19. The van der Waals surface area contributed by atoms with E-state index in [9.17, 15) is 0 Å². The standard InChI is InChI=1S/C20H26.C7H12.C5H12.C2H6/c1-15-7-9-18(10-8-15)20-12-11-19(16(2)13-20)14-17-5-3-4-6-17;1-2-7-5-3-4-6-7;1-5(2,3)4;1-2/h7-10,13,17H,3-6,11-12,14H2,1-2H3;5H,2-4,6H2,1H3;1-4H3;1-2H3. The van der Waals surface area contributed by atoms with Crippen molar-refractivity contribution >= 4 is 5.57 Å². The van der Waals surface area contributed by atoms with Gasteiger partial charge in [0.1, 0.15) is 0 Å². The molecule has 0 amide bonds. The Morgan fingerprint density at radius 1 is 0.824 bits per heavy atom. The van der Waals surface area contributed by atoms with Crippen LogP contribution in [0.25, 0.3) is 5.57 Å². The minimum atomic E-state index is 0.500. The normalized spacial score (nSPS) is 18.0. The number of hydrogen-bond donors (Lipinski definition) is 0. The molecular weight excluding hydrogens is 408 g/mol. The molecule has 0 heteroatoms. The lowest BCUT2D eigenvalue weighted by molar-refractivity contribution is 0.469. The van der Waals surface area contributed by atoms with E-state index in [1.807, 2.05) is 13.8 Å². The molecule has 192 valence electrons. The van der Waals surface area contributed by atoms with Crippen LogP contribution in [0.3, 0.4) is 0 Å². The zero-order valence-corrected chi connectivity index (χ0v) is 24.3. The van der Waals surface area contributed by atoms with E-state index in [0.29, 0.717) is 5.41 Å². The van der Waals surface area contributed by atoms with Crippen molar-refractivity contribution in [3.8, 4) is 0 Å². The molecule has 1 aromatic rings. The van der Waals surface area contributed by atoms with Crippen LogP contribution in [-0.2, 0) is 0 Å². The van der Waals surface area contributed by atoms with Crippen molar-refractivity contribution < 1.29 is 0 Å². The lowest BCUT2D eigenvalue weighted by Crippen LogP contribution is -2.03. The number of hydrogen-bond acceptors (Lipinski definition) is 0. The summed E-state index contributed by atoms with van der Waals surface area (Å²) in [5.41, 5.74) is 9.72. The maximum Gasteiger partial charge on any atom is -0.0224 e. The second-order valence-electron chi connectivity index (χ2n) is 11.8. The minimum absolute atomic E-state index is 0.500. The van der Waals surface area contributed by atoms with Crippen LogP contribution >= 0.6 is 0 Å². The third-order valence-electron chi connectivity index (χ3n) is 6.67. The SMILES string of the molecule is CC.CC(C)(C)C.CC1=C(CC2CCCC2)CCC(c2ccc(C)cc2)=C1.CCC1=CCCC1. The molecule has 3 aliphatic carbocycles. The van der Waals surface area contributed by atoms with E-state index in [2.05, 4.69) is 84.9 Å². The summed E-state index contributed by atoms with van der Waals surface area (Å²) >= 11 is 0. The van der Waals surface area contributed by atoms with E-state index in [-0.39, 0.29) is 0 Å². The van der Waals surface area contributed by atoms with Gasteiger partial charge >= 0.3 is 0 Å². The Balaban J connectivity index is 0.000000340. The van der Waals surface area contributed by atoms with Gasteiger partial charge in [-0.25, -0.2) is 0 Å². The van der Waals surface area contributed by atoms with Gasteiger partial charge in [-0.1, -0.05) is 133 Å². The van der Waals surface area contributed by atoms with Crippen molar-refractivity contribution in [1.82, 2.24) is 0 Å². The van der Waals surface area contributed by atoms with Gasteiger partial charge in [0, 0.05) is 0 Å². The number of aryl methyl sites for hydroxylation is 1. The Labute approximate surface area is 214 Å². The van der Waals surface area contributed by atoms with E-state index in [4.69, 9.17) is 0 Å². The van der Waals surface area contributed by atoms with Crippen molar-refractivity contribution in [3.05, 3.63) is 64.3 Å². The highest BCUT2D eigenvalue weighted by atomic mass is 14.2. The van der Waals surface area contributed by atoms with Gasteiger partial charge in [-0.3, -0.25) is 0 Å². The molecule has 0 bridgehead atoms. The van der Waals surface area contributed by atoms with Crippen LogP contribution in [0.4, 0.5) is 0 Å². The van der Waals surface area contributed by atoms with Gasteiger partial charge in [-0.2, -0.15) is 0 Å². The van der Waals surface area contributed by atoms with Gasteiger partial charge in [0.15, 0.2) is 0 Å². The molecular formula is C34H56. The molecule has 34 heavy (non-hydrogen) atoms. The van der Waals surface area contributed by atoms with Gasteiger partial charge < -0.3 is 0 Å². The third-order valence-corrected chi connectivity index (χ3v) is 6.67. The second-order valence-corrected chi connectivity index (χ2v) is 11.8. The van der Waals surface area contributed by atoms with Crippen LogP contribution in [0.5, 0.6) is 0 Å². The molecule has 0 atom stereocenters. The van der Waals surface area contributed by atoms with E-state index in [0.717, 1.165) is 5.92 Å². The predicted molar refractivity (Wildman–Crippen MR) is 156 cm³/mol. The summed E-state index contributed by atoms with van der Waals surface area (Å²) in [6, 6.07) is 9.00. The quantitative estimate of drug-likeness (QED) is 0.388. The number of rotatable bonds is 4. The first-order valence-corrected chi connectivity index (χ1v) is 14.3. The van der Waals surface area contributed by atoms with Crippen molar-refractivity contribution in [2.75, 3.05) is 0 Å². The van der Waals surface area contributed by atoms with Crippen LogP contribution in [0.1, 0.15) is 137 Å². The molecule has 0 unspecified atom stereocenters. The maximum atomic E-state index is 2.44. The van der Waals surface area contributed by atoms with Crippen molar-refractivity contribution in [3.63, 3.8) is 0 Å². The van der Waals surface area contributed by atoms with Crippen molar-refractivity contribution in [1.29, 1.82) is 0 Å². The summed E-state index contributed by atoms with van der Waals surface area (Å²) in [7, 11) is 0. The first kappa shape index (κ1) is 30.5. The summed E-state index contributed by atoms with van der Waals surface area (Å²) in [5.74, 6) is 0.981. The van der Waals surface area contributed by atoms with Crippen LogP contribution in [0.15, 0.2) is 53.1 Å². The average molecular weight is 465 g/mol. The fraction of sp³-hybridized carbons (Fsp3) is 0.647. The second kappa shape index (κ2) is 16.2. The van der Waals surface area contributed by atoms with Gasteiger partial charge in [0.25, 0.3) is 0 Å². The summed E-state index contributed by atoms with van der Waals surface area (Å²) in [4.78, 5) is 0. The molecule has 4 rings (SSSR count). The first-order valence-electron chi connectivity index (χ1n) is 14.3. The predicted octanol–water partition coefficient (Wildman–Crippen LogP) is 11.7. The smallest absolute Gasteiger partial charge is 0.0224 e. The molecule has 0 spiro atoms. The summed E-state index contributed by atoms with van der Waals surface area (Å²) in [5, 5.41) is 0. The van der Waals surface area contributed by atoms with Gasteiger partial charge in [0.2, 0.25) is 0 Å². The number of benzene rings is 1. The molecule has 1 aromatic carbocycles. The minimum Gasteiger partial charge on any atom is -0.0853 e. The monoisotopic (exact) mass is 464 g/mol. The Hall–Kier alpha value is -1.56. The van der Waals surface area contributed by atoms with Crippen molar-refractivity contribution in [2.45, 2.75) is 133 Å². The molecule has 0 N–H and O–H groups in total. The fourth-order valence-electron chi connectivity index (χ4n) is 4.80. The van der Waals surface area contributed by atoms with Gasteiger partial charge in [-0.05, 0) is 81.3 Å². The van der Waals surface area contributed by atoms with Crippen LogP contribution in [-0.4, -0.2) is 0 Å². The van der Waals surface area contributed by atoms with Crippen LogP contribution < -0.4 is 0 Å². The maximum absolute atomic E-state index is 2.44. The summed E-state index contributed by atoms with van der Waals surface area (Å²) in [6.45, 7) is 19.5. The molecule has 0 radical (unpaired) electrons. The van der Waals surface area contributed by atoms with E-state index in [1.165, 1.54) is 87.3 Å². The lowest BCUT2D eigenvalue weighted by atomic mass is 9.84. The third kappa shape index (κ3) is 12.8. The zero-order valence-electron chi connectivity index (χ0n) is 24.3. The Morgan fingerprint density at radius 3 is 1.85 bits per heavy atom. The highest BCUT2D eigenvalue weighted by Crippen LogP contribution is 2.37. The molecule has 0 saturated heterocycles. The Kier molecular flexibility index (Phi) is 14.5. The van der Waals surface area contributed by atoms with E-state index >= 15 is 0 Å². The molecule has 3 aliphatic rings. The van der Waals surface area contributed by atoms with Gasteiger partial charge in [0.05, 0.1) is 0 Å². The molecule has 1 saturated carbocycles. The number of allylic oxidation sites excluding steroid dienone is 6. The molecule has 1 fully saturated rings. The Bertz CT molecular complexity index is 764. The molecule has 0 heterocycles. The van der Waals surface area contributed by atoms with Gasteiger partial charge in [-0.15, -0.1) is 0 Å². The largest absolute Gasteiger partial charge is 0.0853 e.